The Hall–Kier alpha value is -3.63. The standard InChI is InChI=1S/C26H31N9O/c27-22-6-10-34(11-7-22)12-13-35-17-20(16-31-35)23-32-24(33-36-23)26(8-1-9-26)21-4-2-18(3-5-21)19-14-29-25(28)30-15-19/h2-5,14-17,22H,1,6-13,27H2,(H2,28,29,30). The summed E-state index contributed by atoms with van der Waals surface area (Å²) in [6, 6.07) is 8.81. The van der Waals surface area contributed by atoms with Gasteiger partial charge in [-0.1, -0.05) is 35.8 Å². The van der Waals surface area contributed by atoms with Gasteiger partial charge in [0.05, 0.1) is 23.7 Å². The van der Waals surface area contributed by atoms with Gasteiger partial charge in [0.1, 0.15) is 0 Å². The van der Waals surface area contributed by atoms with E-state index in [9.17, 15) is 0 Å². The van der Waals surface area contributed by atoms with E-state index in [1.165, 1.54) is 5.56 Å². The van der Waals surface area contributed by atoms with Crippen molar-refractivity contribution in [3.63, 3.8) is 0 Å². The number of likely N-dealkylation sites (tertiary alicyclic amines) is 1. The maximum absolute atomic E-state index is 6.02. The van der Waals surface area contributed by atoms with Crippen LogP contribution in [0.25, 0.3) is 22.6 Å². The second-order valence-electron chi connectivity index (χ2n) is 9.94. The largest absolute Gasteiger partial charge is 0.368 e. The third kappa shape index (κ3) is 4.38. The van der Waals surface area contributed by atoms with E-state index >= 15 is 0 Å². The zero-order valence-corrected chi connectivity index (χ0v) is 20.3. The molecule has 10 heteroatoms. The van der Waals surface area contributed by atoms with Crippen LogP contribution < -0.4 is 11.5 Å². The number of nitrogen functional groups attached to an aromatic ring is 1. The van der Waals surface area contributed by atoms with Crippen LogP contribution in [0.1, 0.15) is 43.5 Å². The predicted octanol–water partition coefficient (Wildman–Crippen LogP) is 2.87. The maximum atomic E-state index is 6.02. The van der Waals surface area contributed by atoms with Crippen LogP contribution in [0, 0.1) is 0 Å². The number of nitrogens with zero attached hydrogens (tertiary/aromatic N) is 7. The van der Waals surface area contributed by atoms with E-state index in [-0.39, 0.29) is 11.4 Å². The number of aromatic nitrogens is 6. The third-order valence-electron chi connectivity index (χ3n) is 7.66. The van der Waals surface area contributed by atoms with Crippen LogP contribution in [0.2, 0.25) is 0 Å². The highest BCUT2D eigenvalue weighted by Crippen LogP contribution is 2.48. The minimum absolute atomic E-state index is 0.219. The van der Waals surface area contributed by atoms with Crippen LogP contribution in [0.5, 0.6) is 0 Å². The fourth-order valence-electron chi connectivity index (χ4n) is 5.19. The molecule has 1 saturated heterocycles. The highest BCUT2D eigenvalue weighted by molar-refractivity contribution is 5.63. The molecule has 4 aromatic rings. The summed E-state index contributed by atoms with van der Waals surface area (Å²) in [5.41, 5.74) is 15.4. The van der Waals surface area contributed by atoms with Crippen LogP contribution in [0.15, 0.2) is 53.6 Å². The second kappa shape index (κ2) is 9.44. The quantitative estimate of drug-likeness (QED) is 0.404. The molecule has 1 saturated carbocycles. The summed E-state index contributed by atoms with van der Waals surface area (Å²) in [6.45, 7) is 3.90. The lowest BCUT2D eigenvalue weighted by Gasteiger charge is -2.39. The number of nitrogens with two attached hydrogens (primary N) is 2. The molecular weight excluding hydrogens is 454 g/mol. The van der Waals surface area contributed by atoms with E-state index in [0.717, 1.165) is 80.8 Å². The summed E-state index contributed by atoms with van der Waals surface area (Å²) in [4.78, 5) is 15.5. The highest BCUT2D eigenvalue weighted by Gasteiger charge is 2.44. The van der Waals surface area contributed by atoms with Gasteiger partial charge in [0.25, 0.3) is 5.89 Å². The van der Waals surface area contributed by atoms with Crippen LogP contribution in [0.3, 0.4) is 0 Å². The first-order valence-electron chi connectivity index (χ1n) is 12.6. The molecule has 4 N–H and O–H groups in total. The van der Waals surface area contributed by atoms with Crippen molar-refractivity contribution < 1.29 is 4.52 Å². The van der Waals surface area contributed by atoms with Crippen molar-refractivity contribution in [2.24, 2.45) is 5.73 Å². The summed E-state index contributed by atoms with van der Waals surface area (Å²) in [5, 5.41) is 8.93. The molecule has 10 nitrogen and oxygen atoms in total. The Kier molecular flexibility index (Phi) is 5.98. The first kappa shape index (κ1) is 22.8. The maximum Gasteiger partial charge on any atom is 0.261 e. The van der Waals surface area contributed by atoms with E-state index in [4.69, 9.17) is 21.0 Å². The Morgan fingerprint density at radius 2 is 1.69 bits per heavy atom. The SMILES string of the molecule is Nc1ncc(-c2ccc(C3(c4noc(-c5cnn(CCN6CCC(N)CC6)c5)n4)CCC3)cc2)cn1. The average Bonchev–Trinajstić information content (AvgIpc) is 3.54. The van der Waals surface area contributed by atoms with E-state index in [1.54, 1.807) is 18.6 Å². The Bertz CT molecular complexity index is 1300. The Balaban J connectivity index is 1.16. The molecule has 186 valence electrons. The zero-order chi connectivity index (χ0) is 24.5. The van der Waals surface area contributed by atoms with Gasteiger partial charge in [-0.05, 0) is 49.9 Å². The fourth-order valence-corrected chi connectivity index (χ4v) is 5.19. The molecule has 2 fully saturated rings. The van der Waals surface area contributed by atoms with Gasteiger partial charge in [-0.3, -0.25) is 4.68 Å². The smallest absolute Gasteiger partial charge is 0.261 e. The van der Waals surface area contributed by atoms with Crippen LogP contribution >= 0.6 is 0 Å². The molecule has 0 amide bonds. The lowest BCUT2D eigenvalue weighted by Crippen LogP contribution is -2.40. The van der Waals surface area contributed by atoms with Crippen molar-refractivity contribution >= 4 is 5.95 Å². The Morgan fingerprint density at radius 3 is 2.39 bits per heavy atom. The van der Waals surface area contributed by atoms with Crippen molar-refractivity contribution in [2.45, 2.75) is 50.1 Å². The van der Waals surface area contributed by atoms with Gasteiger partial charge in [-0.25, -0.2) is 9.97 Å². The number of piperidine rings is 1. The minimum Gasteiger partial charge on any atom is -0.368 e. The lowest BCUT2D eigenvalue weighted by atomic mass is 9.64. The second-order valence-corrected chi connectivity index (χ2v) is 9.94. The predicted molar refractivity (Wildman–Crippen MR) is 136 cm³/mol. The molecule has 0 unspecified atom stereocenters. The first-order valence-corrected chi connectivity index (χ1v) is 12.6. The molecule has 0 atom stereocenters. The molecule has 6 rings (SSSR count). The van der Waals surface area contributed by atoms with Gasteiger partial charge in [-0.2, -0.15) is 10.1 Å². The number of anilines is 1. The van der Waals surface area contributed by atoms with Gasteiger partial charge in [0, 0.05) is 36.7 Å². The Morgan fingerprint density at radius 1 is 0.944 bits per heavy atom. The molecule has 1 aliphatic heterocycles. The van der Waals surface area contributed by atoms with Crippen molar-refractivity contribution in [3.8, 4) is 22.6 Å². The summed E-state index contributed by atoms with van der Waals surface area (Å²) >= 11 is 0. The van der Waals surface area contributed by atoms with Crippen LogP contribution in [-0.4, -0.2) is 60.5 Å². The van der Waals surface area contributed by atoms with Gasteiger partial charge < -0.3 is 20.9 Å². The van der Waals surface area contributed by atoms with E-state index in [1.807, 2.05) is 10.9 Å². The van der Waals surface area contributed by atoms with Crippen molar-refractivity contribution in [1.82, 2.24) is 34.8 Å². The topological polar surface area (TPSA) is 138 Å². The van der Waals surface area contributed by atoms with Crippen LogP contribution in [0.4, 0.5) is 5.95 Å². The number of rotatable bonds is 7. The molecule has 1 aromatic carbocycles. The van der Waals surface area contributed by atoms with Gasteiger partial charge in [-0.15, -0.1) is 0 Å². The zero-order valence-electron chi connectivity index (χ0n) is 20.3. The van der Waals surface area contributed by atoms with Crippen molar-refractivity contribution in [1.29, 1.82) is 0 Å². The summed E-state index contributed by atoms with van der Waals surface area (Å²) in [5.74, 6) is 1.53. The van der Waals surface area contributed by atoms with Crippen molar-refractivity contribution in [2.75, 3.05) is 25.4 Å². The molecule has 3 aromatic heterocycles. The molecule has 0 spiro atoms. The summed E-state index contributed by atoms with van der Waals surface area (Å²) in [7, 11) is 0. The number of benzene rings is 1. The summed E-state index contributed by atoms with van der Waals surface area (Å²) in [6.07, 6.45) is 12.5. The molecular formula is C26H31N9O. The monoisotopic (exact) mass is 485 g/mol. The van der Waals surface area contributed by atoms with Gasteiger partial charge in [0.15, 0.2) is 5.82 Å². The number of hydrogen-bond acceptors (Lipinski definition) is 9. The lowest BCUT2D eigenvalue weighted by molar-refractivity contribution is 0.204. The molecule has 4 heterocycles. The minimum atomic E-state index is -0.219. The molecule has 0 bridgehead atoms. The molecule has 36 heavy (non-hydrogen) atoms. The summed E-state index contributed by atoms with van der Waals surface area (Å²) < 4.78 is 7.66. The van der Waals surface area contributed by atoms with E-state index in [2.05, 4.69) is 49.4 Å². The molecule has 2 aliphatic rings. The van der Waals surface area contributed by atoms with Gasteiger partial charge in [0.2, 0.25) is 5.95 Å². The Labute approximate surface area is 209 Å². The first-order chi connectivity index (χ1) is 17.6. The molecule has 1 aliphatic carbocycles. The van der Waals surface area contributed by atoms with E-state index < -0.39 is 0 Å². The average molecular weight is 486 g/mol. The van der Waals surface area contributed by atoms with E-state index in [0.29, 0.717) is 11.9 Å². The van der Waals surface area contributed by atoms with Gasteiger partial charge >= 0.3 is 0 Å². The fraction of sp³-hybridized carbons (Fsp3) is 0.423. The molecule has 0 radical (unpaired) electrons. The number of hydrogen-bond donors (Lipinski definition) is 2. The van der Waals surface area contributed by atoms with Crippen molar-refractivity contribution in [3.05, 3.63) is 60.4 Å². The highest BCUT2D eigenvalue weighted by atomic mass is 16.5. The van der Waals surface area contributed by atoms with Crippen LogP contribution in [-0.2, 0) is 12.0 Å². The normalized spacial score (nSPS) is 18.2. The third-order valence-corrected chi connectivity index (χ3v) is 7.66.